The second-order valence-corrected chi connectivity index (χ2v) is 7.29. The van der Waals surface area contributed by atoms with Crippen LogP contribution in [0.25, 0.3) is 0 Å². The number of piperazine rings is 1. The molecule has 0 N–H and O–H groups in total. The average molecular weight is 344 g/mol. The van der Waals surface area contributed by atoms with Crippen molar-refractivity contribution >= 4 is 6.29 Å². The first kappa shape index (κ1) is 20.1. The molecule has 1 saturated heterocycles. The van der Waals surface area contributed by atoms with Crippen molar-refractivity contribution in [1.82, 2.24) is 9.80 Å². The third-order valence-electron chi connectivity index (χ3n) is 5.25. The maximum atomic E-state index is 10.2. The van der Waals surface area contributed by atoms with E-state index in [0.29, 0.717) is 6.42 Å². The number of carbonyl (C=O) groups excluding carboxylic acids is 1. The molecular weight excluding hydrogens is 308 g/mol. The Balaban J connectivity index is 1.41. The summed E-state index contributed by atoms with van der Waals surface area (Å²) >= 11 is 0. The summed E-state index contributed by atoms with van der Waals surface area (Å²) in [5.41, 5.74) is 1.47. The van der Waals surface area contributed by atoms with Crippen molar-refractivity contribution in [2.75, 3.05) is 39.3 Å². The van der Waals surface area contributed by atoms with Gasteiger partial charge in [-0.15, -0.1) is 0 Å². The number of rotatable bonds is 13. The SMILES string of the molecule is O=[C]CCCCCN1CCN(CCCCCCc2ccccc2)CC1. The minimum atomic E-state index is 0.610. The summed E-state index contributed by atoms with van der Waals surface area (Å²) < 4.78 is 0. The Morgan fingerprint density at radius 1 is 0.720 bits per heavy atom. The standard InChI is InChI=1S/C22H35N2O/c25-21-11-4-3-10-16-24-19-17-23(18-20-24)15-9-2-1-6-12-22-13-7-5-8-14-22/h5,7-8,13-14H,1-4,6,9-12,15-20H2. The van der Waals surface area contributed by atoms with Gasteiger partial charge in [-0.05, 0) is 50.8 Å². The van der Waals surface area contributed by atoms with E-state index in [4.69, 9.17) is 0 Å². The van der Waals surface area contributed by atoms with Gasteiger partial charge in [-0.1, -0.05) is 49.6 Å². The van der Waals surface area contributed by atoms with Crippen molar-refractivity contribution in [2.45, 2.75) is 57.8 Å². The minimum absolute atomic E-state index is 0.610. The highest BCUT2D eigenvalue weighted by molar-refractivity contribution is 5.50. The van der Waals surface area contributed by atoms with Crippen LogP contribution in [-0.4, -0.2) is 55.4 Å². The molecule has 1 radical (unpaired) electrons. The highest BCUT2D eigenvalue weighted by Gasteiger charge is 2.15. The largest absolute Gasteiger partial charge is 0.301 e. The van der Waals surface area contributed by atoms with Gasteiger partial charge in [-0.3, -0.25) is 4.79 Å². The Bertz CT molecular complexity index is 441. The van der Waals surface area contributed by atoms with Crippen LogP contribution in [0.5, 0.6) is 0 Å². The van der Waals surface area contributed by atoms with Crippen molar-refractivity contribution in [3.63, 3.8) is 0 Å². The molecule has 0 unspecified atom stereocenters. The molecule has 3 heteroatoms. The molecule has 25 heavy (non-hydrogen) atoms. The number of nitrogens with zero attached hydrogens (tertiary/aromatic N) is 2. The van der Waals surface area contributed by atoms with Gasteiger partial charge in [0.15, 0.2) is 6.29 Å². The Hall–Kier alpha value is -1.19. The van der Waals surface area contributed by atoms with Gasteiger partial charge in [-0.25, -0.2) is 0 Å². The lowest BCUT2D eigenvalue weighted by Gasteiger charge is -2.34. The lowest BCUT2D eigenvalue weighted by molar-refractivity contribution is 0.129. The maximum Gasteiger partial charge on any atom is 0.198 e. The molecule has 0 aliphatic carbocycles. The molecule has 1 fully saturated rings. The molecule has 0 atom stereocenters. The summed E-state index contributed by atoms with van der Waals surface area (Å²) in [7, 11) is 0. The van der Waals surface area contributed by atoms with E-state index in [1.807, 2.05) is 6.29 Å². The lowest BCUT2D eigenvalue weighted by atomic mass is 10.1. The van der Waals surface area contributed by atoms with Crippen LogP contribution in [0.1, 0.15) is 56.9 Å². The maximum absolute atomic E-state index is 10.2. The van der Waals surface area contributed by atoms with Crippen molar-refractivity contribution in [3.05, 3.63) is 35.9 Å². The molecule has 0 spiro atoms. The normalized spacial score (nSPS) is 16.2. The van der Waals surface area contributed by atoms with E-state index < -0.39 is 0 Å². The van der Waals surface area contributed by atoms with E-state index in [-0.39, 0.29) is 0 Å². The molecule has 1 aliphatic rings. The number of aryl methyl sites for hydroxylation is 1. The molecule has 0 saturated carbocycles. The van der Waals surface area contributed by atoms with Crippen LogP contribution in [0.4, 0.5) is 0 Å². The summed E-state index contributed by atoms with van der Waals surface area (Å²) in [4.78, 5) is 15.4. The zero-order chi connectivity index (χ0) is 17.6. The first-order valence-electron chi connectivity index (χ1n) is 10.2. The summed E-state index contributed by atoms with van der Waals surface area (Å²) in [6.45, 7) is 7.36. The van der Waals surface area contributed by atoms with Gasteiger partial charge in [0.1, 0.15) is 0 Å². The quantitative estimate of drug-likeness (QED) is 0.504. The topological polar surface area (TPSA) is 23.6 Å². The van der Waals surface area contributed by atoms with E-state index in [1.165, 1.54) is 89.8 Å². The van der Waals surface area contributed by atoms with Gasteiger partial charge in [0, 0.05) is 32.6 Å². The van der Waals surface area contributed by atoms with Crippen LogP contribution in [-0.2, 0) is 11.2 Å². The molecule has 2 rings (SSSR count). The van der Waals surface area contributed by atoms with Crippen molar-refractivity contribution in [2.24, 2.45) is 0 Å². The number of hydrogen-bond donors (Lipinski definition) is 0. The summed E-state index contributed by atoms with van der Waals surface area (Å²) in [5, 5.41) is 0. The molecule has 0 amide bonds. The average Bonchev–Trinajstić information content (AvgIpc) is 2.66. The van der Waals surface area contributed by atoms with E-state index in [9.17, 15) is 4.79 Å². The van der Waals surface area contributed by atoms with Crippen molar-refractivity contribution in [1.29, 1.82) is 0 Å². The van der Waals surface area contributed by atoms with Crippen molar-refractivity contribution < 1.29 is 4.79 Å². The smallest absolute Gasteiger partial charge is 0.198 e. The molecule has 1 aromatic rings. The van der Waals surface area contributed by atoms with Gasteiger partial charge in [0.05, 0.1) is 0 Å². The molecule has 0 bridgehead atoms. The van der Waals surface area contributed by atoms with E-state index in [1.54, 1.807) is 0 Å². The Kier molecular flexibility index (Phi) is 10.5. The Morgan fingerprint density at radius 2 is 1.28 bits per heavy atom. The van der Waals surface area contributed by atoms with Crippen LogP contribution < -0.4 is 0 Å². The number of unbranched alkanes of at least 4 members (excludes halogenated alkanes) is 6. The van der Waals surface area contributed by atoms with Gasteiger partial charge in [0.25, 0.3) is 0 Å². The van der Waals surface area contributed by atoms with Gasteiger partial charge in [0.2, 0.25) is 0 Å². The second kappa shape index (κ2) is 13.1. The summed E-state index contributed by atoms with van der Waals surface area (Å²) in [6.07, 6.45) is 12.6. The van der Waals surface area contributed by atoms with Crippen LogP contribution in [0.15, 0.2) is 30.3 Å². The molecule has 1 aliphatic heterocycles. The van der Waals surface area contributed by atoms with E-state index >= 15 is 0 Å². The zero-order valence-corrected chi connectivity index (χ0v) is 15.8. The third-order valence-corrected chi connectivity index (χ3v) is 5.25. The molecule has 1 aromatic carbocycles. The third kappa shape index (κ3) is 9.18. The van der Waals surface area contributed by atoms with Crippen molar-refractivity contribution in [3.8, 4) is 0 Å². The minimum Gasteiger partial charge on any atom is -0.301 e. The molecule has 0 aromatic heterocycles. The lowest BCUT2D eigenvalue weighted by Crippen LogP contribution is -2.46. The molecule has 139 valence electrons. The van der Waals surface area contributed by atoms with E-state index in [0.717, 1.165) is 6.42 Å². The molecule has 1 heterocycles. The highest BCUT2D eigenvalue weighted by atomic mass is 16.1. The first-order chi connectivity index (χ1) is 12.4. The van der Waals surface area contributed by atoms with Crippen LogP contribution in [0.3, 0.4) is 0 Å². The predicted molar refractivity (Wildman–Crippen MR) is 106 cm³/mol. The fourth-order valence-corrected chi connectivity index (χ4v) is 3.61. The van der Waals surface area contributed by atoms with Gasteiger partial charge >= 0.3 is 0 Å². The fraction of sp³-hybridized carbons (Fsp3) is 0.682. The Morgan fingerprint density at radius 3 is 1.88 bits per heavy atom. The predicted octanol–water partition coefficient (Wildman–Crippen LogP) is 4.08. The van der Waals surface area contributed by atoms with Crippen LogP contribution in [0.2, 0.25) is 0 Å². The molecular formula is C22H35N2O. The first-order valence-corrected chi connectivity index (χ1v) is 10.2. The van der Waals surface area contributed by atoms with Gasteiger partial charge in [-0.2, -0.15) is 0 Å². The molecule has 3 nitrogen and oxygen atoms in total. The highest BCUT2D eigenvalue weighted by Crippen LogP contribution is 2.10. The fourth-order valence-electron chi connectivity index (χ4n) is 3.61. The van der Waals surface area contributed by atoms with Crippen LogP contribution in [0, 0.1) is 0 Å². The number of hydrogen-bond acceptors (Lipinski definition) is 3. The summed E-state index contributed by atoms with van der Waals surface area (Å²) in [6, 6.07) is 10.8. The van der Waals surface area contributed by atoms with Gasteiger partial charge < -0.3 is 9.80 Å². The number of benzene rings is 1. The second-order valence-electron chi connectivity index (χ2n) is 7.29. The zero-order valence-electron chi connectivity index (χ0n) is 15.8. The summed E-state index contributed by atoms with van der Waals surface area (Å²) in [5.74, 6) is 0. The van der Waals surface area contributed by atoms with Crippen LogP contribution >= 0.6 is 0 Å². The monoisotopic (exact) mass is 343 g/mol. The van der Waals surface area contributed by atoms with E-state index in [2.05, 4.69) is 40.1 Å². The Labute approximate surface area is 154 Å².